The Balaban J connectivity index is 2.06. The second-order valence-corrected chi connectivity index (χ2v) is 5.29. The zero-order valence-corrected chi connectivity index (χ0v) is 12.5. The van der Waals surface area contributed by atoms with Crippen LogP contribution in [0, 0.1) is 5.82 Å². The number of amides is 1. The summed E-state index contributed by atoms with van der Waals surface area (Å²) in [6.07, 6.45) is -0.337. The van der Waals surface area contributed by atoms with Crippen LogP contribution in [0.4, 0.5) is 4.39 Å². The van der Waals surface area contributed by atoms with E-state index in [9.17, 15) is 9.18 Å². The van der Waals surface area contributed by atoms with Crippen LogP contribution in [-0.2, 0) is 14.3 Å². The highest BCUT2D eigenvalue weighted by Gasteiger charge is 2.28. The van der Waals surface area contributed by atoms with Gasteiger partial charge in [-0.05, 0) is 17.7 Å². The average Bonchev–Trinajstić information content (AvgIpc) is 2.49. The number of ether oxygens (including phenoxy) is 2. The Kier molecular flexibility index (Phi) is 5.52. The van der Waals surface area contributed by atoms with E-state index < -0.39 is 11.9 Å². The minimum atomic E-state index is -0.689. The average molecular weight is 317 g/mol. The van der Waals surface area contributed by atoms with Crippen molar-refractivity contribution in [3.63, 3.8) is 0 Å². The molecule has 1 aromatic carbocycles. The molecule has 2 unspecified atom stereocenters. The molecule has 0 spiro atoms. The number of nitrogens with two attached hydrogens (primary N) is 1. The minimum Gasteiger partial charge on any atom is -0.383 e. The van der Waals surface area contributed by atoms with Crippen molar-refractivity contribution in [3.8, 4) is 0 Å². The molecule has 7 heteroatoms. The largest absolute Gasteiger partial charge is 0.383 e. The Hall–Kier alpha value is -1.21. The highest BCUT2D eigenvalue weighted by atomic mass is 35.5. The van der Waals surface area contributed by atoms with Crippen molar-refractivity contribution in [2.45, 2.75) is 12.1 Å². The number of halogens is 2. The van der Waals surface area contributed by atoms with Crippen molar-refractivity contribution >= 4 is 17.5 Å². The van der Waals surface area contributed by atoms with Crippen molar-refractivity contribution in [3.05, 3.63) is 34.6 Å². The quantitative estimate of drug-likeness (QED) is 0.911. The number of morpholine rings is 1. The maximum absolute atomic E-state index is 13.2. The maximum atomic E-state index is 13.2. The van der Waals surface area contributed by atoms with Crippen LogP contribution in [0.25, 0.3) is 0 Å². The van der Waals surface area contributed by atoms with E-state index in [1.807, 2.05) is 0 Å². The van der Waals surface area contributed by atoms with Gasteiger partial charge < -0.3 is 20.1 Å². The van der Waals surface area contributed by atoms with Gasteiger partial charge >= 0.3 is 0 Å². The van der Waals surface area contributed by atoms with Crippen LogP contribution in [0.15, 0.2) is 18.2 Å². The SMILES string of the molecule is COCC(N)C(=O)N1CCOC(c2ccc(F)c(Cl)c2)C1. The van der Waals surface area contributed by atoms with Gasteiger partial charge in [-0.2, -0.15) is 0 Å². The highest BCUT2D eigenvalue weighted by Crippen LogP contribution is 2.26. The molecule has 116 valence electrons. The lowest BCUT2D eigenvalue weighted by molar-refractivity contribution is -0.141. The first-order valence-corrected chi connectivity index (χ1v) is 7.00. The lowest BCUT2D eigenvalue weighted by Gasteiger charge is -2.34. The molecule has 5 nitrogen and oxygen atoms in total. The minimum absolute atomic E-state index is 0.0376. The normalized spacial score (nSPS) is 20.4. The molecular weight excluding hydrogens is 299 g/mol. The number of hydrogen-bond acceptors (Lipinski definition) is 4. The number of methoxy groups -OCH3 is 1. The van der Waals surface area contributed by atoms with E-state index in [-0.39, 0.29) is 23.6 Å². The molecule has 2 rings (SSSR count). The summed E-state index contributed by atoms with van der Waals surface area (Å²) in [6.45, 7) is 1.40. The Labute approximate surface area is 127 Å². The van der Waals surface area contributed by atoms with Crippen LogP contribution >= 0.6 is 11.6 Å². The third-order valence-electron chi connectivity index (χ3n) is 3.36. The summed E-state index contributed by atoms with van der Waals surface area (Å²) in [5, 5.41) is 0.0376. The van der Waals surface area contributed by atoms with E-state index >= 15 is 0 Å². The van der Waals surface area contributed by atoms with Gasteiger partial charge in [0, 0.05) is 13.7 Å². The van der Waals surface area contributed by atoms with E-state index in [0.29, 0.717) is 19.7 Å². The molecule has 2 atom stereocenters. The third kappa shape index (κ3) is 3.91. The number of nitrogens with zero attached hydrogens (tertiary/aromatic N) is 1. The van der Waals surface area contributed by atoms with Crippen LogP contribution in [-0.4, -0.2) is 50.3 Å². The molecule has 0 radical (unpaired) electrons. The molecule has 21 heavy (non-hydrogen) atoms. The van der Waals surface area contributed by atoms with Crippen LogP contribution in [0.5, 0.6) is 0 Å². The van der Waals surface area contributed by atoms with Crippen LogP contribution in [0.2, 0.25) is 5.02 Å². The number of carbonyl (C=O) groups is 1. The molecule has 1 heterocycles. The third-order valence-corrected chi connectivity index (χ3v) is 3.65. The van der Waals surface area contributed by atoms with Crippen molar-refractivity contribution in [2.75, 3.05) is 33.4 Å². The second-order valence-electron chi connectivity index (χ2n) is 4.88. The topological polar surface area (TPSA) is 64.8 Å². The fourth-order valence-corrected chi connectivity index (χ4v) is 2.44. The number of hydrogen-bond donors (Lipinski definition) is 1. The van der Waals surface area contributed by atoms with E-state index in [4.69, 9.17) is 26.8 Å². The van der Waals surface area contributed by atoms with Crippen LogP contribution < -0.4 is 5.73 Å². The number of rotatable bonds is 4. The van der Waals surface area contributed by atoms with E-state index in [1.54, 1.807) is 11.0 Å². The fourth-order valence-electron chi connectivity index (χ4n) is 2.25. The first-order chi connectivity index (χ1) is 10.0. The maximum Gasteiger partial charge on any atom is 0.242 e. The van der Waals surface area contributed by atoms with Crippen molar-refractivity contribution in [2.24, 2.45) is 5.73 Å². The zero-order valence-electron chi connectivity index (χ0n) is 11.7. The first-order valence-electron chi connectivity index (χ1n) is 6.62. The summed E-state index contributed by atoms with van der Waals surface area (Å²) < 4.78 is 23.7. The van der Waals surface area contributed by atoms with Crippen molar-refractivity contribution in [1.82, 2.24) is 4.90 Å². The van der Waals surface area contributed by atoms with Gasteiger partial charge in [-0.1, -0.05) is 17.7 Å². The molecule has 0 aliphatic carbocycles. The summed E-state index contributed by atoms with van der Waals surface area (Å²) in [7, 11) is 1.50. The zero-order chi connectivity index (χ0) is 15.4. The number of carbonyl (C=O) groups excluding carboxylic acids is 1. The molecule has 1 amide bonds. The van der Waals surface area contributed by atoms with Gasteiger partial charge in [0.25, 0.3) is 0 Å². The van der Waals surface area contributed by atoms with Gasteiger partial charge in [0.05, 0.1) is 24.8 Å². The monoisotopic (exact) mass is 316 g/mol. The van der Waals surface area contributed by atoms with Gasteiger partial charge in [-0.25, -0.2) is 4.39 Å². The summed E-state index contributed by atoms with van der Waals surface area (Å²) in [5.41, 5.74) is 6.49. The summed E-state index contributed by atoms with van der Waals surface area (Å²) in [6, 6.07) is 3.73. The van der Waals surface area contributed by atoms with E-state index in [0.717, 1.165) is 5.56 Å². The van der Waals surface area contributed by atoms with E-state index in [1.165, 1.54) is 19.2 Å². The Morgan fingerprint density at radius 1 is 1.67 bits per heavy atom. The standard InChI is InChI=1S/C14H18ClFN2O3/c1-20-8-12(17)14(19)18-4-5-21-13(7-18)9-2-3-11(16)10(15)6-9/h2-3,6,12-13H,4-5,7-8,17H2,1H3. The van der Waals surface area contributed by atoms with Crippen LogP contribution in [0.3, 0.4) is 0 Å². The van der Waals surface area contributed by atoms with Gasteiger partial charge in [-0.15, -0.1) is 0 Å². The molecule has 1 saturated heterocycles. The molecule has 1 fully saturated rings. The molecule has 0 bridgehead atoms. The van der Waals surface area contributed by atoms with Crippen molar-refractivity contribution < 1.29 is 18.7 Å². The Morgan fingerprint density at radius 3 is 3.10 bits per heavy atom. The molecule has 1 aromatic rings. The van der Waals surface area contributed by atoms with E-state index in [2.05, 4.69) is 0 Å². The lowest BCUT2D eigenvalue weighted by Crippen LogP contribution is -2.50. The molecule has 2 N–H and O–H groups in total. The predicted molar refractivity (Wildman–Crippen MR) is 76.5 cm³/mol. The van der Waals surface area contributed by atoms with Crippen LogP contribution in [0.1, 0.15) is 11.7 Å². The smallest absolute Gasteiger partial charge is 0.242 e. The molecule has 1 aliphatic heterocycles. The molecule has 1 aliphatic rings. The Bertz CT molecular complexity index is 515. The number of benzene rings is 1. The van der Waals surface area contributed by atoms with Gasteiger partial charge in [0.2, 0.25) is 5.91 Å². The predicted octanol–water partition coefficient (Wildman–Crippen LogP) is 1.35. The van der Waals surface area contributed by atoms with Gasteiger partial charge in [-0.3, -0.25) is 4.79 Å². The highest BCUT2D eigenvalue weighted by molar-refractivity contribution is 6.30. The fraction of sp³-hybridized carbons (Fsp3) is 0.500. The van der Waals surface area contributed by atoms with Gasteiger partial charge in [0.15, 0.2) is 0 Å². The molecular formula is C14H18ClFN2O3. The summed E-state index contributed by atoms with van der Waals surface area (Å²) in [4.78, 5) is 13.8. The first kappa shape index (κ1) is 16.2. The summed E-state index contributed by atoms with van der Waals surface area (Å²) in [5.74, 6) is -0.662. The van der Waals surface area contributed by atoms with Crippen molar-refractivity contribution in [1.29, 1.82) is 0 Å². The summed E-state index contributed by atoms with van der Waals surface area (Å²) >= 11 is 5.78. The molecule has 0 saturated carbocycles. The second kappa shape index (κ2) is 7.17. The Morgan fingerprint density at radius 2 is 2.43 bits per heavy atom. The van der Waals surface area contributed by atoms with Gasteiger partial charge in [0.1, 0.15) is 18.0 Å². The lowest BCUT2D eigenvalue weighted by atomic mass is 10.1. The molecule has 0 aromatic heterocycles.